The smallest absolute Gasteiger partial charge is 0.269 e. The van der Waals surface area contributed by atoms with Crippen molar-refractivity contribution in [2.75, 3.05) is 19.8 Å². The summed E-state index contributed by atoms with van der Waals surface area (Å²) in [6, 6.07) is 6.77. The normalized spacial score (nSPS) is 18.2. The van der Waals surface area contributed by atoms with Crippen molar-refractivity contribution in [1.29, 1.82) is 0 Å². The van der Waals surface area contributed by atoms with Crippen LogP contribution in [0, 0.1) is 10.1 Å². The van der Waals surface area contributed by atoms with E-state index in [0.717, 1.165) is 44.6 Å². The Morgan fingerprint density at radius 3 is 2.53 bits per heavy atom. The summed E-state index contributed by atoms with van der Waals surface area (Å²) < 4.78 is 5.36. The van der Waals surface area contributed by atoms with Crippen LogP contribution in [0.4, 0.5) is 5.69 Å². The molecule has 0 unspecified atom stereocenters. The number of nitro benzene ring substituents is 1. The Balaban J connectivity index is 1.80. The summed E-state index contributed by atoms with van der Waals surface area (Å²) in [4.78, 5) is 10.2. The van der Waals surface area contributed by atoms with Crippen LogP contribution in [0.25, 0.3) is 0 Å². The highest BCUT2D eigenvalue weighted by molar-refractivity contribution is 5.32. The van der Waals surface area contributed by atoms with Gasteiger partial charge in [0, 0.05) is 30.9 Å². The van der Waals surface area contributed by atoms with Gasteiger partial charge < -0.3 is 10.1 Å². The fourth-order valence-corrected chi connectivity index (χ4v) is 2.29. The fraction of sp³-hybridized carbons (Fsp3) is 0.571. The van der Waals surface area contributed by atoms with E-state index in [1.54, 1.807) is 12.1 Å². The maximum atomic E-state index is 10.6. The largest absolute Gasteiger partial charge is 0.381 e. The lowest BCUT2D eigenvalue weighted by Crippen LogP contribution is -2.47. The van der Waals surface area contributed by atoms with Crippen molar-refractivity contribution in [3.63, 3.8) is 0 Å². The summed E-state index contributed by atoms with van der Waals surface area (Å²) in [7, 11) is 0. The molecule has 5 nitrogen and oxygen atoms in total. The molecule has 0 bridgehead atoms. The van der Waals surface area contributed by atoms with Crippen molar-refractivity contribution in [2.45, 2.75) is 31.7 Å². The number of non-ortho nitro benzene ring substituents is 1. The molecule has 0 atom stereocenters. The monoisotopic (exact) mass is 264 g/mol. The lowest BCUT2D eigenvalue weighted by molar-refractivity contribution is -0.384. The molecular weight excluding hydrogens is 244 g/mol. The number of nitrogens with one attached hydrogen (secondary N) is 1. The Bertz CT molecular complexity index is 425. The SMILES string of the molecule is CC1(NCCc2ccc([N+](=O)[O-])cc2)CCOCC1. The molecule has 0 radical (unpaired) electrons. The molecule has 1 aliphatic rings. The first kappa shape index (κ1) is 14.0. The standard InChI is InChI=1S/C14H20N2O3/c1-14(7-10-19-11-8-14)15-9-6-12-2-4-13(5-3-12)16(17)18/h2-5,15H,6-11H2,1H3. The molecule has 104 valence electrons. The summed E-state index contributed by atoms with van der Waals surface area (Å²) in [5.74, 6) is 0. The average molecular weight is 264 g/mol. The Hall–Kier alpha value is -1.46. The van der Waals surface area contributed by atoms with Gasteiger partial charge in [-0.25, -0.2) is 0 Å². The molecule has 1 fully saturated rings. The number of nitro groups is 1. The highest BCUT2D eigenvalue weighted by atomic mass is 16.6. The number of benzene rings is 1. The Morgan fingerprint density at radius 2 is 1.95 bits per heavy atom. The Morgan fingerprint density at radius 1 is 1.32 bits per heavy atom. The van der Waals surface area contributed by atoms with Gasteiger partial charge in [0.2, 0.25) is 0 Å². The van der Waals surface area contributed by atoms with E-state index in [9.17, 15) is 10.1 Å². The van der Waals surface area contributed by atoms with E-state index in [1.165, 1.54) is 0 Å². The maximum absolute atomic E-state index is 10.6. The molecule has 1 aromatic rings. The van der Waals surface area contributed by atoms with Crippen LogP contribution >= 0.6 is 0 Å². The van der Waals surface area contributed by atoms with Gasteiger partial charge in [0.05, 0.1) is 4.92 Å². The first-order valence-electron chi connectivity index (χ1n) is 6.65. The fourth-order valence-electron chi connectivity index (χ4n) is 2.29. The van der Waals surface area contributed by atoms with Crippen LogP contribution < -0.4 is 5.32 Å². The lowest BCUT2D eigenvalue weighted by Gasteiger charge is -2.34. The lowest BCUT2D eigenvalue weighted by atomic mass is 9.92. The summed E-state index contributed by atoms with van der Waals surface area (Å²) in [6.07, 6.45) is 2.95. The number of nitrogens with zero attached hydrogens (tertiary/aromatic N) is 1. The second kappa shape index (κ2) is 6.12. The minimum atomic E-state index is -0.370. The molecule has 0 aromatic heterocycles. The second-order valence-corrected chi connectivity index (χ2v) is 5.27. The third-order valence-corrected chi connectivity index (χ3v) is 3.71. The molecule has 0 saturated carbocycles. The average Bonchev–Trinajstić information content (AvgIpc) is 2.40. The molecule has 1 aliphatic heterocycles. The molecule has 1 saturated heterocycles. The zero-order chi connectivity index (χ0) is 13.7. The number of ether oxygens (including phenoxy) is 1. The number of hydrogen-bond donors (Lipinski definition) is 1. The first-order valence-corrected chi connectivity index (χ1v) is 6.65. The van der Waals surface area contributed by atoms with E-state index in [2.05, 4.69) is 12.2 Å². The molecule has 0 spiro atoms. The Labute approximate surface area is 113 Å². The molecule has 0 aliphatic carbocycles. The molecule has 5 heteroatoms. The molecule has 0 amide bonds. The highest BCUT2D eigenvalue weighted by Crippen LogP contribution is 2.19. The van der Waals surface area contributed by atoms with Gasteiger partial charge in [-0.3, -0.25) is 10.1 Å². The van der Waals surface area contributed by atoms with E-state index >= 15 is 0 Å². The molecule has 19 heavy (non-hydrogen) atoms. The van der Waals surface area contributed by atoms with Crippen molar-refractivity contribution in [3.05, 3.63) is 39.9 Å². The second-order valence-electron chi connectivity index (χ2n) is 5.27. The van der Waals surface area contributed by atoms with Crippen LogP contribution in [0.5, 0.6) is 0 Å². The van der Waals surface area contributed by atoms with Crippen molar-refractivity contribution in [2.24, 2.45) is 0 Å². The molecule has 2 rings (SSSR count). The number of hydrogen-bond acceptors (Lipinski definition) is 4. The van der Waals surface area contributed by atoms with Crippen molar-refractivity contribution >= 4 is 5.69 Å². The van der Waals surface area contributed by atoms with Crippen molar-refractivity contribution < 1.29 is 9.66 Å². The summed E-state index contributed by atoms with van der Waals surface area (Å²) in [5.41, 5.74) is 1.43. The van der Waals surface area contributed by atoms with Gasteiger partial charge in [-0.2, -0.15) is 0 Å². The van der Waals surface area contributed by atoms with Crippen LogP contribution in [0.1, 0.15) is 25.3 Å². The quantitative estimate of drug-likeness (QED) is 0.654. The van der Waals surface area contributed by atoms with Crippen LogP contribution in [0.15, 0.2) is 24.3 Å². The summed E-state index contributed by atoms with van der Waals surface area (Å²) in [6.45, 7) is 4.75. The van der Waals surface area contributed by atoms with Gasteiger partial charge in [-0.05, 0) is 38.3 Å². The summed E-state index contributed by atoms with van der Waals surface area (Å²) >= 11 is 0. The maximum Gasteiger partial charge on any atom is 0.269 e. The van der Waals surface area contributed by atoms with Gasteiger partial charge in [-0.15, -0.1) is 0 Å². The molecule has 1 heterocycles. The third-order valence-electron chi connectivity index (χ3n) is 3.71. The first-order chi connectivity index (χ1) is 9.09. The summed E-state index contributed by atoms with van der Waals surface area (Å²) in [5, 5.41) is 14.1. The van der Waals surface area contributed by atoms with Crippen molar-refractivity contribution in [3.8, 4) is 0 Å². The molecular formula is C14H20N2O3. The number of rotatable bonds is 5. The van der Waals surface area contributed by atoms with E-state index in [4.69, 9.17) is 4.74 Å². The Kier molecular flexibility index (Phi) is 4.50. The molecule has 1 N–H and O–H groups in total. The third kappa shape index (κ3) is 4.01. The van der Waals surface area contributed by atoms with E-state index in [1.807, 2.05) is 12.1 Å². The van der Waals surface area contributed by atoms with Gasteiger partial charge >= 0.3 is 0 Å². The predicted octanol–water partition coefficient (Wildman–Crippen LogP) is 2.30. The van der Waals surface area contributed by atoms with Crippen LogP contribution in [-0.2, 0) is 11.2 Å². The van der Waals surface area contributed by atoms with Gasteiger partial charge in [0.25, 0.3) is 5.69 Å². The van der Waals surface area contributed by atoms with E-state index in [0.29, 0.717) is 0 Å². The predicted molar refractivity (Wildman–Crippen MR) is 73.3 cm³/mol. The van der Waals surface area contributed by atoms with Gasteiger partial charge in [0.1, 0.15) is 0 Å². The zero-order valence-electron chi connectivity index (χ0n) is 11.2. The van der Waals surface area contributed by atoms with E-state index < -0.39 is 0 Å². The van der Waals surface area contributed by atoms with Gasteiger partial charge in [0.15, 0.2) is 0 Å². The molecule has 1 aromatic carbocycles. The van der Waals surface area contributed by atoms with E-state index in [-0.39, 0.29) is 16.1 Å². The topological polar surface area (TPSA) is 64.4 Å². The van der Waals surface area contributed by atoms with Crippen LogP contribution in [0.3, 0.4) is 0 Å². The zero-order valence-corrected chi connectivity index (χ0v) is 11.2. The van der Waals surface area contributed by atoms with Crippen LogP contribution in [0.2, 0.25) is 0 Å². The highest BCUT2D eigenvalue weighted by Gasteiger charge is 2.25. The van der Waals surface area contributed by atoms with Crippen LogP contribution in [-0.4, -0.2) is 30.2 Å². The van der Waals surface area contributed by atoms with Gasteiger partial charge in [-0.1, -0.05) is 12.1 Å². The minimum absolute atomic E-state index is 0.146. The van der Waals surface area contributed by atoms with Crippen molar-refractivity contribution in [1.82, 2.24) is 5.32 Å². The minimum Gasteiger partial charge on any atom is -0.381 e.